The Balaban J connectivity index is 2.82. The van der Waals surface area contributed by atoms with Crippen LogP contribution in [0.5, 0.6) is 0 Å². The van der Waals surface area contributed by atoms with Crippen LogP contribution in [0.15, 0.2) is 23.0 Å². The lowest BCUT2D eigenvalue weighted by molar-refractivity contribution is 0.0601. The van der Waals surface area contributed by atoms with Crippen LogP contribution in [0.25, 0.3) is 10.9 Å². The Morgan fingerprint density at radius 3 is 2.59 bits per heavy atom. The Hall–Kier alpha value is -2.10. The zero-order chi connectivity index (χ0) is 12.6. The Morgan fingerprint density at radius 1 is 1.24 bits per heavy atom. The summed E-state index contributed by atoms with van der Waals surface area (Å²) in [4.78, 5) is 26.4. The zero-order valence-electron chi connectivity index (χ0n) is 9.96. The Kier molecular flexibility index (Phi) is 2.71. The summed E-state index contributed by atoms with van der Waals surface area (Å²) in [7, 11) is 1.32. The average Bonchev–Trinajstić information content (AvgIpc) is 2.29. The minimum absolute atomic E-state index is 0.0925. The van der Waals surface area contributed by atoms with Crippen LogP contribution in [0.1, 0.15) is 21.6 Å². The van der Waals surface area contributed by atoms with E-state index >= 15 is 0 Å². The second-order valence-electron chi connectivity index (χ2n) is 4.02. The van der Waals surface area contributed by atoms with E-state index in [1.54, 1.807) is 12.1 Å². The highest BCUT2D eigenvalue weighted by molar-refractivity contribution is 5.95. The molecule has 0 fully saturated rings. The molecule has 0 aliphatic rings. The predicted molar refractivity (Wildman–Crippen MR) is 65.4 cm³/mol. The van der Waals surface area contributed by atoms with Gasteiger partial charge < -0.3 is 9.72 Å². The lowest BCUT2D eigenvalue weighted by atomic mass is 10.1. The second kappa shape index (κ2) is 4.05. The van der Waals surface area contributed by atoms with E-state index in [1.807, 2.05) is 13.8 Å². The van der Waals surface area contributed by atoms with Crippen molar-refractivity contribution in [1.82, 2.24) is 4.98 Å². The molecule has 1 aromatic heterocycles. The Bertz CT molecular complexity index is 655. The van der Waals surface area contributed by atoms with Crippen molar-refractivity contribution >= 4 is 16.9 Å². The summed E-state index contributed by atoms with van der Waals surface area (Å²) in [5, 5.41) is 0.510. The van der Waals surface area contributed by atoms with Crippen molar-refractivity contribution in [2.24, 2.45) is 0 Å². The largest absolute Gasteiger partial charge is 0.465 e. The lowest BCUT2D eigenvalue weighted by Crippen LogP contribution is -2.08. The monoisotopic (exact) mass is 231 g/mol. The number of aromatic amines is 1. The second-order valence-corrected chi connectivity index (χ2v) is 4.02. The van der Waals surface area contributed by atoms with Gasteiger partial charge in [-0.2, -0.15) is 0 Å². The van der Waals surface area contributed by atoms with Gasteiger partial charge in [0.05, 0.1) is 18.2 Å². The fourth-order valence-corrected chi connectivity index (χ4v) is 1.89. The number of carbonyl (C=O) groups is 1. The number of pyridine rings is 1. The molecule has 17 heavy (non-hydrogen) atoms. The van der Waals surface area contributed by atoms with E-state index < -0.39 is 5.97 Å². The maximum Gasteiger partial charge on any atom is 0.337 e. The SMILES string of the molecule is COC(=O)c1cc(C)c2[nH]c(C)cc(=O)c2c1. The maximum absolute atomic E-state index is 11.8. The molecule has 2 aromatic rings. The number of ether oxygens (including phenoxy) is 1. The quantitative estimate of drug-likeness (QED) is 0.763. The van der Waals surface area contributed by atoms with Crippen LogP contribution < -0.4 is 5.43 Å². The number of benzene rings is 1. The summed E-state index contributed by atoms with van der Waals surface area (Å²) in [6, 6.07) is 4.79. The normalized spacial score (nSPS) is 10.5. The molecule has 0 saturated carbocycles. The number of fused-ring (bicyclic) bond motifs is 1. The molecule has 1 N–H and O–H groups in total. The molecule has 0 aliphatic carbocycles. The van der Waals surface area contributed by atoms with Gasteiger partial charge >= 0.3 is 5.97 Å². The Labute approximate surface area is 98.2 Å². The minimum Gasteiger partial charge on any atom is -0.465 e. The van der Waals surface area contributed by atoms with E-state index in [2.05, 4.69) is 9.72 Å². The standard InChI is InChI=1S/C13H13NO3/c1-7-4-9(13(16)17-3)6-10-11(15)5-8(2)14-12(7)10/h4-6H,1-3H3,(H,14,15). The van der Waals surface area contributed by atoms with Crippen LogP contribution in [-0.2, 0) is 4.74 Å². The topological polar surface area (TPSA) is 59.2 Å². The number of hydrogen-bond donors (Lipinski definition) is 1. The molecule has 0 radical (unpaired) electrons. The van der Waals surface area contributed by atoms with E-state index in [0.29, 0.717) is 10.9 Å². The molecule has 0 unspecified atom stereocenters. The number of methoxy groups -OCH3 is 1. The molecule has 4 heteroatoms. The first-order valence-corrected chi connectivity index (χ1v) is 5.25. The first kappa shape index (κ1) is 11.4. The number of aromatic nitrogens is 1. The summed E-state index contributed by atoms with van der Waals surface area (Å²) >= 11 is 0. The van der Waals surface area contributed by atoms with E-state index in [0.717, 1.165) is 16.8 Å². The van der Waals surface area contributed by atoms with E-state index in [9.17, 15) is 9.59 Å². The molecule has 1 heterocycles. The van der Waals surface area contributed by atoms with Crippen LogP contribution in [0.3, 0.4) is 0 Å². The van der Waals surface area contributed by atoms with Crippen LogP contribution in [0.4, 0.5) is 0 Å². The molecular weight excluding hydrogens is 218 g/mol. The first-order chi connectivity index (χ1) is 8.02. The molecule has 0 atom stereocenters. The highest BCUT2D eigenvalue weighted by Gasteiger charge is 2.10. The molecule has 0 spiro atoms. The van der Waals surface area contributed by atoms with Gasteiger partial charge in [0.1, 0.15) is 0 Å². The smallest absolute Gasteiger partial charge is 0.337 e. The predicted octanol–water partition coefficient (Wildman–Crippen LogP) is 1.93. The molecule has 0 aliphatic heterocycles. The molecule has 2 rings (SSSR count). The molecule has 88 valence electrons. The van der Waals surface area contributed by atoms with Crippen LogP contribution in [-0.4, -0.2) is 18.1 Å². The zero-order valence-corrected chi connectivity index (χ0v) is 9.96. The van der Waals surface area contributed by atoms with Crippen molar-refractivity contribution in [2.75, 3.05) is 7.11 Å². The van der Waals surface area contributed by atoms with Crippen molar-refractivity contribution in [3.8, 4) is 0 Å². The third kappa shape index (κ3) is 1.93. The van der Waals surface area contributed by atoms with E-state index in [-0.39, 0.29) is 5.43 Å². The summed E-state index contributed by atoms with van der Waals surface area (Å²) in [5.74, 6) is -0.435. The fourth-order valence-electron chi connectivity index (χ4n) is 1.89. The van der Waals surface area contributed by atoms with Crippen LogP contribution >= 0.6 is 0 Å². The van der Waals surface area contributed by atoms with Gasteiger partial charge in [-0.3, -0.25) is 4.79 Å². The summed E-state index contributed by atoms with van der Waals surface area (Å²) < 4.78 is 4.65. The van der Waals surface area contributed by atoms with Crippen LogP contribution in [0.2, 0.25) is 0 Å². The number of hydrogen-bond acceptors (Lipinski definition) is 3. The van der Waals surface area contributed by atoms with Gasteiger partial charge in [-0.15, -0.1) is 0 Å². The van der Waals surface area contributed by atoms with Gasteiger partial charge in [0.2, 0.25) is 0 Å². The molecule has 0 saturated heterocycles. The van der Waals surface area contributed by atoms with Crippen molar-refractivity contribution in [3.63, 3.8) is 0 Å². The molecular formula is C13H13NO3. The van der Waals surface area contributed by atoms with Crippen molar-refractivity contribution in [1.29, 1.82) is 0 Å². The van der Waals surface area contributed by atoms with Gasteiger partial charge in [-0.25, -0.2) is 4.79 Å². The highest BCUT2D eigenvalue weighted by atomic mass is 16.5. The molecule has 4 nitrogen and oxygen atoms in total. The number of H-pyrrole nitrogens is 1. The number of carbonyl (C=O) groups excluding carboxylic acids is 1. The highest BCUT2D eigenvalue weighted by Crippen LogP contribution is 2.17. The molecule has 0 amide bonds. The number of nitrogens with one attached hydrogen (secondary N) is 1. The van der Waals surface area contributed by atoms with Gasteiger partial charge in [-0.1, -0.05) is 0 Å². The maximum atomic E-state index is 11.8. The fraction of sp³-hybridized carbons (Fsp3) is 0.231. The van der Waals surface area contributed by atoms with E-state index in [1.165, 1.54) is 13.2 Å². The molecule has 1 aromatic carbocycles. The van der Waals surface area contributed by atoms with Gasteiger partial charge in [-0.05, 0) is 31.5 Å². The summed E-state index contributed by atoms with van der Waals surface area (Å²) in [6.45, 7) is 3.68. The third-order valence-electron chi connectivity index (χ3n) is 2.69. The van der Waals surface area contributed by atoms with Gasteiger partial charge in [0.25, 0.3) is 0 Å². The number of esters is 1. The van der Waals surface area contributed by atoms with Crippen LogP contribution in [0, 0.1) is 13.8 Å². The van der Waals surface area contributed by atoms with Crippen molar-refractivity contribution < 1.29 is 9.53 Å². The average molecular weight is 231 g/mol. The third-order valence-corrected chi connectivity index (χ3v) is 2.69. The van der Waals surface area contributed by atoms with Gasteiger partial charge in [0.15, 0.2) is 5.43 Å². The van der Waals surface area contributed by atoms with Gasteiger partial charge in [0, 0.05) is 17.1 Å². The van der Waals surface area contributed by atoms with Crippen molar-refractivity contribution in [3.05, 3.63) is 45.2 Å². The number of rotatable bonds is 1. The number of aryl methyl sites for hydroxylation is 2. The lowest BCUT2D eigenvalue weighted by Gasteiger charge is -2.06. The van der Waals surface area contributed by atoms with E-state index in [4.69, 9.17) is 0 Å². The first-order valence-electron chi connectivity index (χ1n) is 5.25. The minimum atomic E-state index is -0.435. The summed E-state index contributed by atoms with van der Waals surface area (Å²) in [5.41, 5.74) is 2.72. The summed E-state index contributed by atoms with van der Waals surface area (Å²) in [6.07, 6.45) is 0. The van der Waals surface area contributed by atoms with Crippen molar-refractivity contribution in [2.45, 2.75) is 13.8 Å². The molecule has 0 bridgehead atoms. The Morgan fingerprint density at radius 2 is 1.94 bits per heavy atom.